The molecule has 1 N–H and O–H groups in total. The number of alkyl halides is 1. The topological polar surface area (TPSA) is 54.9 Å². The molecule has 0 aliphatic rings. The maximum absolute atomic E-state index is 11.9. The number of rotatable bonds is 4. The van der Waals surface area contributed by atoms with Gasteiger partial charge in [-0.05, 0) is 33.3 Å². The zero-order valence-corrected chi connectivity index (χ0v) is 11.3. The van der Waals surface area contributed by atoms with E-state index in [2.05, 4.69) is 31.4 Å². The van der Waals surface area contributed by atoms with Gasteiger partial charge in [0.2, 0.25) is 0 Å². The fraction of sp³-hybridized carbons (Fsp3) is 0.545. The molecule has 1 aromatic heterocycles. The fourth-order valence-corrected chi connectivity index (χ4v) is 2.00. The first-order valence-corrected chi connectivity index (χ1v) is 6.34. The van der Waals surface area contributed by atoms with E-state index in [4.69, 9.17) is 0 Å². The minimum absolute atomic E-state index is 0.0797. The summed E-state index contributed by atoms with van der Waals surface area (Å²) in [5, 5.41) is 11.6. The Morgan fingerprint density at radius 3 is 2.81 bits per heavy atom. The Morgan fingerprint density at radius 2 is 2.19 bits per heavy atom. The molecule has 0 radical (unpaired) electrons. The second-order valence-corrected chi connectivity index (χ2v) is 4.63. The molecule has 5 heteroatoms. The number of aromatic nitrogens is 2. The van der Waals surface area contributed by atoms with E-state index in [1.54, 1.807) is 13.0 Å². The van der Waals surface area contributed by atoms with Crippen LogP contribution in [0.1, 0.15) is 35.1 Å². The number of hydrogen-bond acceptors (Lipinski definition) is 3. The molecule has 0 saturated carbocycles. The maximum Gasteiger partial charge on any atom is 0.253 e. The van der Waals surface area contributed by atoms with Crippen molar-refractivity contribution in [3.05, 3.63) is 23.0 Å². The molecule has 4 nitrogen and oxygen atoms in total. The van der Waals surface area contributed by atoms with Crippen molar-refractivity contribution in [1.82, 2.24) is 15.5 Å². The Hall–Kier alpha value is -0.970. The van der Waals surface area contributed by atoms with E-state index in [9.17, 15) is 4.79 Å². The zero-order valence-electron chi connectivity index (χ0n) is 9.75. The molecule has 1 aromatic rings. The number of nitrogens with one attached hydrogen (secondary N) is 1. The molecule has 0 aliphatic carbocycles. The molecular weight excluding hydrogens is 270 g/mol. The lowest BCUT2D eigenvalue weighted by atomic mass is 10.1. The molecule has 0 aromatic carbocycles. The first-order chi connectivity index (χ1) is 7.54. The lowest BCUT2D eigenvalue weighted by molar-refractivity contribution is 0.0938. The smallest absolute Gasteiger partial charge is 0.253 e. The number of halogens is 1. The van der Waals surface area contributed by atoms with Crippen molar-refractivity contribution in [2.75, 3.05) is 5.33 Å². The number of aryl methyl sites for hydroxylation is 2. The van der Waals surface area contributed by atoms with Crippen LogP contribution in [-0.2, 0) is 0 Å². The van der Waals surface area contributed by atoms with E-state index in [1.807, 2.05) is 13.8 Å². The van der Waals surface area contributed by atoms with Gasteiger partial charge in [0.25, 0.3) is 5.91 Å². The molecule has 0 spiro atoms. The van der Waals surface area contributed by atoms with Gasteiger partial charge < -0.3 is 5.32 Å². The van der Waals surface area contributed by atoms with E-state index in [-0.39, 0.29) is 11.9 Å². The van der Waals surface area contributed by atoms with Crippen LogP contribution in [0.25, 0.3) is 0 Å². The molecular formula is C11H16BrN3O. The molecule has 1 rings (SSSR count). The van der Waals surface area contributed by atoms with Crippen LogP contribution >= 0.6 is 15.9 Å². The Bertz CT molecular complexity index is 381. The van der Waals surface area contributed by atoms with E-state index >= 15 is 0 Å². The van der Waals surface area contributed by atoms with Gasteiger partial charge in [-0.1, -0.05) is 15.9 Å². The minimum Gasteiger partial charge on any atom is -0.349 e. The van der Waals surface area contributed by atoms with Crippen molar-refractivity contribution < 1.29 is 4.79 Å². The standard InChI is InChI=1S/C11H16BrN3O/c1-7(4-5-12)13-11(16)10-6-8(2)14-15-9(10)3/h6-7H,4-5H2,1-3H3,(H,13,16). The zero-order chi connectivity index (χ0) is 12.1. The first kappa shape index (κ1) is 13.1. The SMILES string of the molecule is Cc1cc(C(=O)NC(C)CCBr)c(C)nn1. The molecule has 1 atom stereocenters. The van der Waals surface area contributed by atoms with Crippen LogP contribution in [0.4, 0.5) is 0 Å². The van der Waals surface area contributed by atoms with Gasteiger partial charge in [-0.15, -0.1) is 0 Å². The van der Waals surface area contributed by atoms with Gasteiger partial charge in [0.15, 0.2) is 0 Å². The Labute approximate surface area is 104 Å². The molecule has 1 unspecified atom stereocenters. The highest BCUT2D eigenvalue weighted by molar-refractivity contribution is 9.09. The summed E-state index contributed by atoms with van der Waals surface area (Å²) in [5.74, 6) is -0.0797. The van der Waals surface area contributed by atoms with Crippen molar-refractivity contribution in [3.63, 3.8) is 0 Å². The minimum atomic E-state index is -0.0797. The summed E-state index contributed by atoms with van der Waals surface area (Å²) in [4.78, 5) is 11.9. The fourth-order valence-electron chi connectivity index (χ4n) is 1.32. The molecule has 0 bridgehead atoms. The quantitative estimate of drug-likeness (QED) is 0.861. The summed E-state index contributed by atoms with van der Waals surface area (Å²) in [6, 6.07) is 1.91. The highest BCUT2D eigenvalue weighted by Gasteiger charge is 2.13. The molecule has 88 valence electrons. The maximum atomic E-state index is 11.9. The predicted octanol–water partition coefficient (Wildman–Crippen LogP) is 2.00. The molecule has 1 heterocycles. The van der Waals surface area contributed by atoms with Gasteiger partial charge in [-0.25, -0.2) is 0 Å². The summed E-state index contributed by atoms with van der Waals surface area (Å²) < 4.78 is 0. The average molecular weight is 286 g/mol. The van der Waals surface area contributed by atoms with Gasteiger partial charge in [-0.2, -0.15) is 10.2 Å². The number of carbonyl (C=O) groups excluding carboxylic acids is 1. The lowest BCUT2D eigenvalue weighted by Crippen LogP contribution is -2.33. The van der Waals surface area contributed by atoms with Gasteiger partial charge in [0, 0.05) is 11.4 Å². The monoisotopic (exact) mass is 285 g/mol. The second kappa shape index (κ2) is 5.94. The van der Waals surface area contributed by atoms with Crippen molar-refractivity contribution >= 4 is 21.8 Å². The first-order valence-electron chi connectivity index (χ1n) is 5.22. The molecule has 0 aliphatic heterocycles. The highest BCUT2D eigenvalue weighted by atomic mass is 79.9. The highest BCUT2D eigenvalue weighted by Crippen LogP contribution is 2.06. The summed E-state index contributed by atoms with van der Waals surface area (Å²) in [6.07, 6.45) is 0.905. The molecule has 16 heavy (non-hydrogen) atoms. The number of nitrogens with zero attached hydrogens (tertiary/aromatic N) is 2. The average Bonchev–Trinajstić information content (AvgIpc) is 2.21. The molecule has 0 saturated heterocycles. The van der Waals surface area contributed by atoms with Crippen LogP contribution in [0.15, 0.2) is 6.07 Å². The Balaban J connectivity index is 2.76. The van der Waals surface area contributed by atoms with Crippen LogP contribution in [0.5, 0.6) is 0 Å². The number of hydrogen-bond donors (Lipinski definition) is 1. The van der Waals surface area contributed by atoms with Crippen molar-refractivity contribution in [2.45, 2.75) is 33.2 Å². The van der Waals surface area contributed by atoms with E-state index in [1.165, 1.54) is 0 Å². The van der Waals surface area contributed by atoms with Crippen LogP contribution < -0.4 is 5.32 Å². The summed E-state index contributed by atoms with van der Waals surface area (Å²) >= 11 is 3.35. The molecule has 0 fully saturated rings. The van der Waals surface area contributed by atoms with Gasteiger partial charge >= 0.3 is 0 Å². The third-order valence-electron chi connectivity index (χ3n) is 2.26. The largest absolute Gasteiger partial charge is 0.349 e. The lowest BCUT2D eigenvalue weighted by Gasteiger charge is -2.13. The van der Waals surface area contributed by atoms with E-state index in [0.29, 0.717) is 11.3 Å². The van der Waals surface area contributed by atoms with Crippen LogP contribution in [0.2, 0.25) is 0 Å². The number of carbonyl (C=O) groups is 1. The van der Waals surface area contributed by atoms with Crippen molar-refractivity contribution in [1.29, 1.82) is 0 Å². The Kier molecular flexibility index (Phi) is 4.86. The van der Waals surface area contributed by atoms with E-state index in [0.717, 1.165) is 17.4 Å². The van der Waals surface area contributed by atoms with Gasteiger partial charge in [0.1, 0.15) is 0 Å². The van der Waals surface area contributed by atoms with Crippen LogP contribution in [0, 0.1) is 13.8 Å². The third-order valence-corrected chi connectivity index (χ3v) is 2.72. The number of amides is 1. The summed E-state index contributed by atoms with van der Waals surface area (Å²) in [7, 11) is 0. The van der Waals surface area contributed by atoms with Crippen LogP contribution in [0.3, 0.4) is 0 Å². The van der Waals surface area contributed by atoms with Crippen molar-refractivity contribution in [3.8, 4) is 0 Å². The van der Waals surface area contributed by atoms with Crippen molar-refractivity contribution in [2.24, 2.45) is 0 Å². The van der Waals surface area contributed by atoms with Crippen LogP contribution in [-0.4, -0.2) is 27.5 Å². The second-order valence-electron chi connectivity index (χ2n) is 3.84. The van der Waals surface area contributed by atoms with E-state index < -0.39 is 0 Å². The summed E-state index contributed by atoms with van der Waals surface area (Å²) in [6.45, 7) is 5.59. The third kappa shape index (κ3) is 3.56. The normalized spacial score (nSPS) is 12.2. The van der Waals surface area contributed by atoms with Gasteiger partial charge in [-0.3, -0.25) is 4.79 Å². The Morgan fingerprint density at radius 1 is 1.50 bits per heavy atom. The predicted molar refractivity (Wildman–Crippen MR) is 66.8 cm³/mol. The van der Waals surface area contributed by atoms with Gasteiger partial charge in [0.05, 0.1) is 17.0 Å². The summed E-state index contributed by atoms with van der Waals surface area (Å²) in [5.41, 5.74) is 2.02. The molecule has 1 amide bonds.